The molecule has 0 spiro atoms. The minimum atomic E-state index is 0.242. The zero-order valence-corrected chi connectivity index (χ0v) is 11.7. The molecule has 0 unspecified atom stereocenters. The van der Waals surface area contributed by atoms with Crippen molar-refractivity contribution in [2.45, 2.75) is 18.4 Å². The van der Waals surface area contributed by atoms with E-state index in [1.807, 2.05) is 18.5 Å². The molecule has 0 radical (unpaired) electrons. The Kier molecular flexibility index (Phi) is 4.09. The van der Waals surface area contributed by atoms with Gasteiger partial charge in [0.25, 0.3) is 0 Å². The highest BCUT2D eigenvalue weighted by molar-refractivity contribution is 5.23. The van der Waals surface area contributed by atoms with Gasteiger partial charge in [-0.05, 0) is 23.6 Å². The number of hydrogen-bond donors (Lipinski definition) is 1. The first kappa shape index (κ1) is 13.3. The molecule has 20 heavy (non-hydrogen) atoms. The van der Waals surface area contributed by atoms with Gasteiger partial charge in [0.05, 0.1) is 0 Å². The summed E-state index contributed by atoms with van der Waals surface area (Å²) in [5.41, 5.74) is 8.98. The minimum absolute atomic E-state index is 0.242. The molecule has 1 aliphatic rings. The van der Waals surface area contributed by atoms with Crippen molar-refractivity contribution in [2.75, 3.05) is 19.6 Å². The van der Waals surface area contributed by atoms with E-state index in [1.165, 1.54) is 11.1 Å². The lowest BCUT2D eigenvalue weighted by molar-refractivity contribution is 0.335. The van der Waals surface area contributed by atoms with Crippen molar-refractivity contribution in [3.05, 3.63) is 66.0 Å². The molecule has 3 heteroatoms. The Morgan fingerprint density at radius 1 is 1.10 bits per heavy atom. The Balaban J connectivity index is 1.58. The maximum absolute atomic E-state index is 6.32. The van der Waals surface area contributed by atoms with Crippen molar-refractivity contribution in [1.29, 1.82) is 0 Å². The van der Waals surface area contributed by atoms with Gasteiger partial charge in [-0.3, -0.25) is 4.98 Å². The second-order valence-corrected chi connectivity index (χ2v) is 5.55. The van der Waals surface area contributed by atoms with Gasteiger partial charge in [-0.2, -0.15) is 0 Å². The maximum Gasteiger partial charge on any atom is 0.0300 e. The van der Waals surface area contributed by atoms with E-state index >= 15 is 0 Å². The number of pyridine rings is 1. The van der Waals surface area contributed by atoms with E-state index in [2.05, 4.69) is 46.3 Å². The summed E-state index contributed by atoms with van der Waals surface area (Å²) in [5, 5.41) is 0. The highest BCUT2D eigenvalue weighted by atomic mass is 15.2. The molecule has 2 heterocycles. The largest absolute Gasteiger partial charge is 0.326 e. The van der Waals surface area contributed by atoms with E-state index in [-0.39, 0.29) is 6.04 Å². The van der Waals surface area contributed by atoms with Crippen molar-refractivity contribution in [2.24, 2.45) is 5.73 Å². The highest BCUT2D eigenvalue weighted by Crippen LogP contribution is 2.26. The van der Waals surface area contributed by atoms with Gasteiger partial charge in [0.2, 0.25) is 0 Å². The Morgan fingerprint density at radius 2 is 1.95 bits per heavy atom. The minimum Gasteiger partial charge on any atom is -0.326 e. The first-order valence-corrected chi connectivity index (χ1v) is 7.25. The molecule has 1 saturated heterocycles. The Hall–Kier alpha value is -1.71. The second kappa shape index (κ2) is 6.16. The smallest absolute Gasteiger partial charge is 0.0300 e. The van der Waals surface area contributed by atoms with Crippen LogP contribution in [0.2, 0.25) is 0 Å². The van der Waals surface area contributed by atoms with Crippen LogP contribution in [-0.2, 0) is 6.42 Å². The number of aromatic nitrogens is 1. The molecule has 0 amide bonds. The fourth-order valence-electron chi connectivity index (χ4n) is 2.98. The average Bonchev–Trinajstić information content (AvgIpc) is 2.88. The molecule has 2 N–H and O–H groups in total. The molecule has 1 aromatic carbocycles. The van der Waals surface area contributed by atoms with Crippen molar-refractivity contribution in [3.8, 4) is 0 Å². The van der Waals surface area contributed by atoms with E-state index in [1.54, 1.807) is 0 Å². The van der Waals surface area contributed by atoms with E-state index in [4.69, 9.17) is 5.73 Å². The van der Waals surface area contributed by atoms with Crippen LogP contribution in [0.15, 0.2) is 54.9 Å². The summed E-state index contributed by atoms with van der Waals surface area (Å²) in [6.07, 6.45) is 4.81. The molecule has 1 aliphatic heterocycles. The summed E-state index contributed by atoms with van der Waals surface area (Å²) in [6, 6.07) is 15.0. The topological polar surface area (TPSA) is 42.1 Å². The van der Waals surface area contributed by atoms with Crippen LogP contribution in [0.1, 0.15) is 17.0 Å². The van der Waals surface area contributed by atoms with Crippen LogP contribution in [0.4, 0.5) is 0 Å². The van der Waals surface area contributed by atoms with Crippen LogP contribution in [0.3, 0.4) is 0 Å². The number of hydrogen-bond acceptors (Lipinski definition) is 3. The molecule has 3 nitrogen and oxygen atoms in total. The van der Waals surface area contributed by atoms with Crippen LogP contribution >= 0.6 is 0 Å². The van der Waals surface area contributed by atoms with Crippen molar-refractivity contribution < 1.29 is 0 Å². The van der Waals surface area contributed by atoms with Gasteiger partial charge in [0.1, 0.15) is 0 Å². The molecule has 1 fully saturated rings. The molecule has 0 bridgehead atoms. The number of nitrogens with zero attached hydrogens (tertiary/aromatic N) is 2. The van der Waals surface area contributed by atoms with Crippen LogP contribution in [0.5, 0.6) is 0 Å². The zero-order valence-electron chi connectivity index (χ0n) is 11.7. The van der Waals surface area contributed by atoms with Crippen LogP contribution in [0.25, 0.3) is 0 Å². The molecule has 1 aromatic heterocycles. The van der Waals surface area contributed by atoms with E-state index < -0.39 is 0 Å². The van der Waals surface area contributed by atoms with Crippen LogP contribution in [0, 0.1) is 0 Å². The molecular formula is C17H21N3. The molecular weight excluding hydrogens is 246 g/mol. The Labute approximate surface area is 120 Å². The molecule has 0 aliphatic carbocycles. The third kappa shape index (κ3) is 3.06. The SMILES string of the molecule is N[C@@H]1CN(CCc2cccnc2)C[C@H]1c1ccccc1. The molecule has 3 rings (SSSR count). The lowest BCUT2D eigenvalue weighted by Gasteiger charge is -2.16. The maximum atomic E-state index is 6.32. The average molecular weight is 267 g/mol. The van der Waals surface area contributed by atoms with E-state index in [0.29, 0.717) is 5.92 Å². The predicted octanol–water partition coefficient (Wildman–Crippen LogP) is 2.05. The lowest BCUT2D eigenvalue weighted by Crippen LogP contribution is -2.29. The number of nitrogens with two attached hydrogens (primary N) is 1. The first-order valence-electron chi connectivity index (χ1n) is 7.25. The fourth-order valence-corrected chi connectivity index (χ4v) is 2.98. The van der Waals surface area contributed by atoms with Crippen molar-refractivity contribution in [1.82, 2.24) is 9.88 Å². The van der Waals surface area contributed by atoms with Gasteiger partial charge < -0.3 is 10.6 Å². The Morgan fingerprint density at radius 3 is 2.70 bits per heavy atom. The van der Waals surface area contributed by atoms with Crippen LogP contribution < -0.4 is 5.73 Å². The van der Waals surface area contributed by atoms with Crippen molar-refractivity contribution in [3.63, 3.8) is 0 Å². The van der Waals surface area contributed by atoms with Crippen LogP contribution in [-0.4, -0.2) is 35.6 Å². The monoisotopic (exact) mass is 267 g/mol. The summed E-state index contributed by atoms with van der Waals surface area (Å²) < 4.78 is 0. The third-order valence-corrected chi connectivity index (χ3v) is 4.11. The zero-order chi connectivity index (χ0) is 13.8. The predicted molar refractivity (Wildman–Crippen MR) is 81.5 cm³/mol. The van der Waals surface area contributed by atoms with E-state index in [0.717, 1.165) is 26.1 Å². The molecule has 2 aromatic rings. The van der Waals surface area contributed by atoms with Gasteiger partial charge in [-0.1, -0.05) is 36.4 Å². The van der Waals surface area contributed by atoms with Crippen molar-refractivity contribution >= 4 is 0 Å². The fraction of sp³-hybridized carbons (Fsp3) is 0.353. The van der Waals surface area contributed by atoms with Gasteiger partial charge in [-0.25, -0.2) is 0 Å². The van der Waals surface area contributed by atoms with Gasteiger partial charge in [-0.15, -0.1) is 0 Å². The first-order chi connectivity index (χ1) is 9.83. The number of rotatable bonds is 4. The molecule has 104 valence electrons. The quantitative estimate of drug-likeness (QED) is 0.922. The summed E-state index contributed by atoms with van der Waals surface area (Å²) in [4.78, 5) is 6.63. The lowest BCUT2D eigenvalue weighted by atomic mass is 9.95. The second-order valence-electron chi connectivity index (χ2n) is 5.55. The standard InChI is InChI=1S/C17H21N3/c18-17-13-20(10-8-14-5-4-9-19-11-14)12-16(17)15-6-2-1-3-7-15/h1-7,9,11,16-17H,8,10,12-13,18H2/t16-,17+/m0/s1. The number of likely N-dealkylation sites (tertiary alicyclic amines) is 1. The van der Waals surface area contributed by atoms with Gasteiger partial charge in [0, 0.05) is 44.0 Å². The third-order valence-electron chi connectivity index (χ3n) is 4.11. The number of benzene rings is 1. The molecule has 2 atom stereocenters. The van der Waals surface area contributed by atoms with Gasteiger partial charge in [0.15, 0.2) is 0 Å². The summed E-state index contributed by atoms with van der Waals surface area (Å²) in [7, 11) is 0. The highest BCUT2D eigenvalue weighted by Gasteiger charge is 2.30. The summed E-state index contributed by atoms with van der Waals surface area (Å²) in [5.74, 6) is 0.463. The summed E-state index contributed by atoms with van der Waals surface area (Å²) >= 11 is 0. The normalized spacial score (nSPS) is 23.1. The Bertz CT molecular complexity index is 526. The molecule has 0 saturated carbocycles. The van der Waals surface area contributed by atoms with E-state index in [9.17, 15) is 0 Å². The summed E-state index contributed by atoms with van der Waals surface area (Å²) in [6.45, 7) is 3.11. The van der Waals surface area contributed by atoms with Gasteiger partial charge >= 0.3 is 0 Å².